The third-order valence-electron chi connectivity index (χ3n) is 4.70. The number of amides is 1. The number of rotatable bonds is 3. The molecular formula is C19H24N4O2. The van der Waals surface area contributed by atoms with Crippen molar-refractivity contribution in [1.82, 2.24) is 14.5 Å². The summed E-state index contributed by atoms with van der Waals surface area (Å²) in [6, 6.07) is 7.21. The number of carbonyl (C=O) groups is 1. The highest BCUT2D eigenvalue weighted by atomic mass is 16.2. The van der Waals surface area contributed by atoms with Crippen molar-refractivity contribution in [2.75, 3.05) is 32.1 Å². The molecule has 0 unspecified atom stereocenters. The zero-order valence-corrected chi connectivity index (χ0v) is 15.2. The lowest BCUT2D eigenvalue weighted by molar-refractivity contribution is 0.0789. The lowest BCUT2D eigenvalue weighted by Crippen LogP contribution is -2.30. The average Bonchev–Trinajstić information content (AvgIpc) is 3.06. The lowest BCUT2D eigenvalue weighted by atomic mass is 10.0. The number of likely N-dealkylation sites (tertiary alicyclic amines) is 1. The van der Waals surface area contributed by atoms with Gasteiger partial charge >= 0.3 is 0 Å². The maximum absolute atomic E-state index is 12.7. The van der Waals surface area contributed by atoms with Gasteiger partial charge < -0.3 is 14.4 Å². The third kappa shape index (κ3) is 3.57. The van der Waals surface area contributed by atoms with Gasteiger partial charge in [-0.2, -0.15) is 0 Å². The summed E-state index contributed by atoms with van der Waals surface area (Å²) in [6.07, 6.45) is 2.51. The molecule has 3 heterocycles. The van der Waals surface area contributed by atoms with Crippen LogP contribution in [0.5, 0.6) is 0 Å². The van der Waals surface area contributed by atoms with E-state index in [9.17, 15) is 9.59 Å². The first kappa shape index (κ1) is 17.2. The van der Waals surface area contributed by atoms with Crippen molar-refractivity contribution >= 4 is 11.6 Å². The Morgan fingerprint density at radius 2 is 2.04 bits per heavy atom. The van der Waals surface area contributed by atoms with Gasteiger partial charge in [0.2, 0.25) is 5.56 Å². The predicted molar refractivity (Wildman–Crippen MR) is 98.2 cm³/mol. The second-order valence-electron chi connectivity index (χ2n) is 6.89. The van der Waals surface area contributed by atoms with Gasteiger partial charge in [-0.25, -0.2) is 0 Å². The summed E-state index contributed by atoms with van der Waals surface area (Å²) in [5.41, 5.74) is 3.60. The molecule has 0 N–H and O–H groups in total. The van der Waals surface area contributed by atoms with E-state index in [2.05, 4.69) is 22.0 Å². The molecule has 1 amide bonds. The summed E-state index contributed by atoms with van der Waals surface area (Å²) in [5.74, 6) is 0.216. The fourth-order valence-electron chi connectivity index (χ4n) is 3.23. The maximum Gasteiger partial charge on any atom is 0.255 e. The topological polar surface area (TPSA) is 58.4 Å². The molecule has 132 valence electrons. The summed E-state index contributed by atoms with van der Waals surface area (Å²) in [6.45, 7) is 3.36. The molecule has 2 aromatic rings. The molecule has 0 radical (unpaired) electrons. The molecule has 2 aromatic heterocycles. The van der Waals surface area contributed by atoms with Gasteiger partial charge in [-0.15, -0.1) is 0 Å². The van der Waals surface area contributed by atoms with Gasteiger partial charge in [0, 0.05) is 69.5 Å². The van der Waals surface area contributed by atoms with Gasteiger partial charge in [0.15, 0.2) is 0 Å². The van der Waals surface area contributed by atoms with Crippen LogP contribution in [0.15, 0.2) is 35.3 Å². The molecule has 0 saturated carbocycles. The van der Waals surface area contributed by atoms with Crippen molar-refractivity contribution in [3.05, 3.63) is 57.8 Å². The summed E-state index contributed by atoms with van der Waals surface area (Å²) in [4.78, 5) is 32.8. The molecule has 0 spiro atoms. The van der Waals surface area contributed by atoms with Gasteiger partial charge in [-0.05, 0) is 31.5 Å². The van der Waals surface area contributed by atoms with Crippen LogP contribution in [0.2, 0.25) is 0 Å². The first-order valence-corrected chi connectivity index (χ1v) is 8.47. The van der Waals surface area contributed by atoms with Crippen LogP contribution in [-0.4, -0.2) is 47.5 Å². The summed E-state index contributed by atoms with van der Waals surface area (Å²) >= 11 is 0. The van der Waals surface area contributed by atoms with E-state index in [1.807, 2.05) is 25.9 Å². The Kier molecular flexibility index (Phi) is 4.61. The molecule has 1 atom stereocenters. The van der Waals surface area contributed by atoms with Gasteiger partial charge in [-0.1, -0.05) is 0 Å². The quantitative estimate of drug-likeness (QED) is 0.855. The molecule has 1 aliphatic heterocycles. The number of hydrogen-bond donors (Lipinski definition) is 0. The van der Waals surface area contributed by atoms with E-state index in [0.29, 0.717) is 18.7 Å². The Morgan fingerprint density at radius 1 is 1.28 bits per heavy atom. The van der Waals surface area contributed by atoms with E-state index in [1.54, 1.807) is 19.3 Å². The van der Waals surface area contributed by atoms with E-state index >= 15 is 0 Å². The molecule has 6 nitrogen and oxygen atoms in total. The molecule has 0 aromatic carbocycles. The first-order valence-electron chi connectivity index (χ1n) is 8.47. The van der Waals surface area contributed by atoms with Crippen LogP contribution >= 0.6 is 0 Å². The van der Waals surface area contributed by atoms with Gasteiger partial charge in [0.05, 0.1) is 5.56 Å². The van der Waals surface area contributed by atoms with Crippen molar-refractivity contribution in [3.8, 4) is 0 Å². The Hall–Kier alpha value is -2.63. The predicted octanol–water partition coefficient (Wildman–Crippen LogP) is 1.78. The number of aromatic nitrogens is 2. The van der Waals surface area contributed by atoms with Crippen molar-refractivity contribution in [2.24, 2.45) is 7.05 Å². The minimum Gasteiger partial charge on any atom is -0.378 e. The Bertz CT molecular complexity index is 857. The standard InChI is InChI=1S/C19H24N4O2/c1-13-9-16(21(2)3)10-17(20-13)14-7-8-23(12-14)19(25)15-5-6-18(24)22(4)11-15/h5-6,9-11,14H,7-8,12H2,1-4H3/t14-/m1/s1. The van der Waals surface area contributed by atoms with Crippen molar-refractivity contribution in [2.45, 2.75) is 19.3 Å². The van der Waals surface area contributed by atoms with Crippen LogP contribution in [0, 0.1) is 6.92 Å². The summed E-state index contributed by atoms with van der Waals surface area (Å²) in [7, 11) is 5.69. The van der Waals surface area contributed by atoms with Crippen LogP contribution < -0.4 is 10.5 Å². The minimum atomic E-state index is -0.115. The van der Waals surface area contributed by atoms with Crippen molar-refractivity contribution < 1.29 is 4.79 Å². The van der Waals surface area contributed by atoms with Crippen molar-refractivity contribution in [3.63, 3.8) is 0 Å². The molecule has 0 bridgehead atoms. The molecule has 1 aliphatic rings. The molecule has 1 saturated heterocycles. The van der Waals surface area contributed by atoms with E-state index in [0.717, 1.165) is 23.5 Å². The first-order chi connectivity index (χ1) is 11.8. The normalized spacial score (nSPS) is 17.0. The number of pyridine rings is 2. The highest BCUT2D eigenvalue weighted by Crippen LogP contribution is 2.29. The highest BCUT2D eigenvalue weighted by Gasteiger charge is 2.29. The monoisotopic (exact) mass is 340 g/mol. The van der Waals surface area contributed by atoms with Crippen molar-refractivity contribution in [1.29, 1.82) is 0 Å². The van der Waals surface area contributed by atoms with E-state index in [4.69, 9.17) is 0 Å². The van der Waals surface area contributed by atoms with Crippen LogP contribution in [0.4, 0.5) is 5.69 Å². The number of anilines is 1. The summed E-state index contributed by atoms with van der Waals surface area (Å²) < 4.78 is 1.44. The molecule has 25 heavy (non-hydrogen) atoms. The molecule has 6 heteroatoms. The number of aryl methyl sites for hydroxylation is 2. The van der Waals surface area contributed by atoms with Crippen LogP contribution in [0.1, 0.15) is 34.1 Å². The van der Waals surface area contributed by atoms with Gasteiger partial charge in [0.25, 0.3) is 5.91 Å². The lowest BCUT2D eigenvalue weighted by Gasteiger charge is -2.19. The fraction of sp³-hybridized carbons (Fsp3) is 0.421. The maximum atomic E-state index is 12.7. The zero-order valence-electron chi connectivity index (χ0n) is 15.2. The van der Waals surface area contributed by atoms with Crippen LogP contribution in [0.3, 0.4) is 0 Å². The Balaban J connectivity index is 1.78. The largest absolute Gasteiger partial charge is 0.378 e. The number of nitrogens with zero attached hydrogens (tertiary/aromatic N) is 4. The van der Waals surface area contributed by atoms with E-state index < -0.39 is 0 Å². The summed E-state index contributed by atoms with van der Waals surface area (Å²) in [5, 5.41) is 0. The second-order valence-corrected chi connectivity index (χ2v) is 6.89. The molecule has 3 rings (SSSR count). The average molecular weight is 340 g/mol. The van der Waals surface area contributed by atoms with Gasteiger partial charge in [-0.3, -0.25) is 14.6 Å². The molecule has 1 fully saturated rings. The van der Waals surface area contributed by atoms with Gasteiger partial charge in [0.1, 0.15) is 0 Å². The van der Waals surface area contributed by atoms with Crippen LogP contribution in [-0.2, 0) is 7.05 Å². The minimum absolute atomic E-state index is 0.0291. The van der Waals surface area contributed by atoms with E-state index in [-0.39, 0.29) is 17.4 Å². The van der Waals surface area contributed by atoms with Crippen LogP contribution in [0.25, 0.3) is 0 Å². The zero-order chi connectivity index (χ0) is 18.1. The third-order valence-corrected chi connectivity index (χ3v) is 4.70. The Morgan fingerprint density at radius 3 is 2.72 bits per heavy atom. The number of carbonyl (C=O) groups excluding carboxylic acids is 1. The Labute approximate surface area is 147 Å². The SMILES string of the molecule is Cc1cc(N(C)C)cc([C@@H]2CCN(C(=O)c3ccc(=O)n(C)c3)C2)n1. The van der Waals surface area contributed by atoms with E-state index in [1.165, 1.54) is 10.6 Å². The second kappa shape index (κ2) is 6.70. The molecule has 0 aliphatic carbocycles. The number of hydrogen-bond acceptors (Lipinski definition) is 4. The fourth-order valence-corrected chi connectivity index (χ4v) is 3.23. The highest BCUT2D eigenvalue weighted by molar-refractivity contribution is 5.94. The molecular weight excluding hydrogens is 316 g/mol. The smallest absolute Gasteiger partial charge is 0.255 e.